The predicted molar refractivity (Wildman–Crippen MR) is 73.1 cm³/mol. The van der Waals surface area contributed by atoms with E-state index in [0.717, 1.165) is 25.9 Å². The first-order chi connectivity index (χ1) is 9.13. The van der Waals surface area contributed by atoms with Crippen molar-refractivity contribution in [3.63, 3.8) is 0 Å². The number of hydrogen-bond acceptors (Lipinski definition) is 3. The zero-order chi connectivity index (χ0) is 13.8. The Bertz CT molecular complexity index is 535. The van der Waals surface area contributed by atoms with Crippen LogP contribution in [0.2, 0.25) is 0 Å². The first kappa shape index (κ1) is 13.8. The fourth-order valence-corrected chi connectivity index (χ4v) is 2.46. The summed E-state index contributed by atoms with van der Waals surface area (Å²) in [6.07, 6.45) is 2.06. The third-order valence-corrected chi connectivity index (χ3v) is 3.87. The van der Waals surface area contributed by atoms with Crippen molar-refractivity contribution in [2.24, 2.45) is 0 Å². The molecule has 0 bridgehead atoms. The maximum Gasteiger partial charge on any atom is 0.241 e. The lowest BCUT2D eigenvalue weighted by Crippen LogP contribution is -2.33. The molecule has 0 unspecified atom stereocenters. The summed E-state index contributed by atoms with van der Waals surface area (Å²) in [6, 6.07) is 4.86. The third-order valence-electron chi connectivity index (χ3n) is 3.09. The highest BCUT2D eigenvalue weighted by molar-refractivity contribution is 9.10. The van der Waals surface area contributed by atoms with Crippen molar-refractivity contribution in [1.82, 2.24) is 4.90 Å². The highest BCUT2D eigenvalue weighted by atomic mass is 79.9. The molecule has 0 atom stereocenters. The Morgan fingerprint density at radius 3 is 2.79 bits per heavy atom. The van der Waals surface area contributed by atoms with Gasteiger partial charge >= 0.3 is 0 Å². The van der Waals surface area contributed by atoms with E-state index in [4.69, 9.17) is 5.26 Å². The van der Waals surface area contributed by atoms with E-state index in [0.29, 0.717) is 0 Å². The van der Waals surface area contributed by atoms with Gasteiger partial charge in [0.1, 0.15) is 6.07 Å². The van der Waals surface area contributed by atoms with Gasteiger partial charge in [0.25, 0.3) is 0 Å². The van der Waals surface area contributed by atoms with Crippen molar-refractivity contribution in [3.8, 4) is 6.07 Å². The molecule has 6 heteroatoms. The normalized spacial score (nSPS) is 14.3. The highest BCUT2D eigenvalue weighted by Crippen LogP contribution is 2.26. The number of carbonyl (C=O) groups excluding carboxylic acids is 1. The number of carbonyl (C=O) groups is 1. The molecule has 1 aliphatic heterocycles. The molecule has 0 radical (unpaired) electrons. The fraction of sp³-hybridized carbons (Fsp3) is 0.385. The zero-order valence-electron chi connectivity index (χ0n) is 10.2. The van der Waals surface area contributed by atoms with E-state index >= 15 is 0 Å². The summed E-state index contributed by atoms with van der Waals surface area (Å²) in [7, 11) is 0. The summed E-state index contributed by atoms with van der Waals surface area (Å²) in [5.74, 6) is -0.578. The molecular formula is C13H13BrFN3O. The summed E-state index contributed by atoms with van der Waals surface area (Å²) < 4.78 is 14.0. The average molecular weight is 326 g/mol. The van der Waals surface area contributed by atoms with Gasteiger partial charge < -0.3 is 10.2 Å². The molecule has 1 heterocycles. The Morgan fingerprint density at radius 1 is 1.47 bits per heavy atom. The zero-order valence-corrected chi connectivity index (χ0v) is 11.8. The number of likely N-dealkylation sites (tertiary alicyclic amines) is 1. The summed E-state index contributed by atoms with van der Waals surface area (Å²) in [5, 5.41) is 11.5. The fourth-order valence-electron chi connectivity index (χ4n) is 2.02. The Hall–Kier alpha value is -1.61. The Labute approximate surface area is 119 Å². The number of halogens is 2. The topological polar surface area (TPSA) is 56.1 Å². The SMILES string of the molecule is N#Cc1ccc(NCC(=O)N2CCCC2)c(F)c1Br. The molecule has 4 nitrogen and oxygen atoms in total. The number of benzene rings is 1. The summed E-state index contributed by atoms with van der Waals surface area (Å²) >= 11 is 3.03. The minimum Gasteiger partial charge on any atom is -0.374 e. The van der Waals surface area contributed by atoms with Crippen molar-refractivity contribution in [2.45, 2.75) is 12.8 Å². The van der Waals surface area contributed by atoms with Crippen LogP contribution >= 0.6 is 15.9 Å². The van der Waals surface area contributed by atoms with Crippen molar-refractivity contribution < 1.29 is 9.18 Å². The first-order valence-corrected chi connectivity index (χ1v) is 6.82. The summed E-state index contributed by atoms with van der Waals surface area (Å²) in [5.41, 5.74) is 0.451. The van der Waals surface area contributed by atoms with Crippen molar-refractivity contribution in [3.05, 3.63) is 28.0 Å². The molecule has 1 amide bonds. The standard InChI is InChI=1S/C13H13BrFN3O/c14-12-9(7-16)3-4-10(13(12)15)17-8-11(19)18-5-1-2-6-18/h3-4,17H,1-2,5-6,8H2. The van der Waals surface area contributed by atoms with Gasteiger partial charge in [-0.05, 0) is 40.9 Å². The number of rotatable bonds is 3. The van der Waals surface area contributed by atoms with Gasteiger partial charge in [0.2, 0.25) is 5.91 Å². The average Bonchev–Trinajstić information content (AvgIpc) is 2.94. The molecular weight excluding hydrogens is 313 g/mol. The van der Waals surface area contributed by atoms with Crippen LogP contribution in [0.3, 0.4) is 0 Å². The minimum atomic E-state index is -0.548. The van der Waals surface area contributed by atoms with Crippen LogP contribution in [0.25, 0.3) is 0 Å². The molecule has 100 valence electrons. The maximum absolute atomic E-state index is 13.9. The van der Waals surface area contributed by atoms with Crippen LogP contribution in [0.15, 0.2) is 16.6 Å². The Kier molecular flexibility index (Phi) is 4.38. The van der Waals surface area contributed by atoms with E-state index < -0.39 is 5.82 Å². The van der Waals surface area contributed by atoms with Gasteiger partial charge in [-0.2, -0.15) is 5.26 Å². The van der Waals surface area contributed by atoms with Crippen LogP contribution in [0.5, 0.6) is 0 Å². The predicted octanol–water partition coefficient (Wildman–Crippen LogP) is 2.49. The second-order valence-corrected chi connectivity index (χ2v) is 5.13. The molecule has 2 rings (SSSR count). The van der Waals surface area contributed by atoms with E-state index in [1.165, 1.54) is 12.1 Å². The molecule has 1 N–H and O–H groups in total. The minimum absolute atomic E-state index is 0.0302. The van der Waals surface area contributed by atoms with Crippen molar-refractivity contribution >= 4 is 27.5 Å². The maximum atomic E-state index is 13.9. The van der Waals surface area contributed by atoms with Gasteiger partial charge in [-0.25, -0.2) is 4.39 Å². The molecule has 1 aromatic rings. The lowest BCUT2D eigenvalue weighted by molar-refractivity contribution is -0.128. The number of nitrogens with one attached hydrogen (secondary N) is 1. The van der Waals surface area contributed by atoms with E-state index in [1.54, 1.807) is 4.90 Å². The number of hydrogen-bond donors (Lipinski definition) is 1. The molecule has 0 spiro atoms. The van der Waals surface area contributed by atoms with Crippen LogP contribution in [0, 0.1) is 17.1 Å². The van der Waals surface area contributed by atoms with Crippen LogP contribution in [0.4, 0.5) is 10.1 Å². The lowest BCUT2D eigenvalue weighted by atomic mass is 10.2. The van der Waals surface area contributed by atoms with Crippen molar-refractivity contribution in [1.29, 1.82) is 5.26 Å². The molecule has 1 fully saturated rings. The van der Waals surface area contributed by atoms with Crippen LogP contribution < -0.4 is 5.32 Å². The van der Waals surface area contributed by atoms with E-state index in [2.05, 4.69) is 21.2 Å². The van der Waals surface area contributed by atoms with Gasteiger partial charge in [0, 0.05) is 13.1 Å². The molecule has 19 heavy (non-hydrogen) atoms. The van der Waals surface area contributed by atoms with E-state index in [9.17, 15) is 9.18 Å². The van der Waals surface area contributed by atoms with Gasteiger partial charge in [0.05, 0.1) is 22.3 Å². The van der Waals surface area contributed by atoms with Crippen LogP contribution in [-0.4, -0.2) is 30.4 Å². The van der Waals surface area contributed by atoms with Gasteiger partial charge in [-0.3, -0.25) is 4.79 Å². The molecule has 1 saturated heterocycles. The molecule has 0 saturated carbocycles. The first-order valence-electron chi connectivity index (χ1n) is 6.03. The summed E-state index contributed by atoms with van der Waals surface area (Å²) in [6.45, 7) is 1.62. The quantitative estimate of drug-likeness (QED) is 0.928. The van der Waals surface area contributed by atoms with E-state index in [1.807, 2.05) is 6.07 Å². The Balaban J connectivity index is 2.02. The number of anilines is 1. The number of nitrogens with zero attached hydrogens (tertiary/aromatic N) is 2. The number of nitriles is 1. The van der Waals surface area contributed by atoms with Gasteiger partial charge in [0.15, 0.2) is 5.82 Å². The smallest absolute Gasteiger partial charge is 0.241 e. The van der Waals surface area contributed by atoms with Gasteiger partial charge in [-0.1, -0.05) is 0 Å². The molecule has 1 aliphatic rings. The van der Waals surface area contributed by atoms with Crippen molar-refractivity contribution in [2.75, 3.05) is 25.0 Å². The Morgan fingerprint density at radius 2 is 2.16 bits per heavy atom. The van der Waals surface area contributed by atoms with E-state index in [-0.39, 0.29) is 28.2 Å². The lowest BCUT2D eigenvalue weighted by Gasteiger charge is -2.16. The highest BCUT2D eigenvalue weighted by Gasteiger charge is 2.18. The third kappa shape index (κ3) is 3.04. The van der Waals surface area contributed by atoms with Gasteiger partial charge in [-0.15, -0.1) is 0 Å². The van der Waals surface area contributed by atoms with Crippen LogP contribution in [-0.2, 0) is 4.79 Å². The van der Waals surface area contributed by atoms with Crippen LogP contribution in [0.1, 0.15) is 18.4 Å². The molecule has 0 aromatic heterocycles. The largest absolute Gasteiger partial charge is 0.374 e. The second-order valence-electron chi connectivity index (χ2n) is 4.34. The summed E-state index contributed by atoms with van der Waals surface area (Å²) in [4.78, 5) is 13.6. The number of amides is 1. The molecule has 1 aromatic carbocycles. The monoisotopic (exact) mass is 325 g/mol. The second kappa shape index (κ2) is 6.02. The molecule has 0 aliphatic carbocycles.